The zero-order valence-corrected chi connectivity index (χ0v) is 14.7. The Morgan fingerprint density at radius 3 is 2.76 bits per heavy atom. The number of benzene rings is 1. The average Bonchev–Trinajstić information content (AvgIpc) is 2.76. The lowest BCUT2D eigenvalue weighted by atomic mass is 9.83. The molecule has 116 valence electrons. The topological polar surface area (TPSA) is 15.3 Å². The molecule has 0 spiro atoms. The SMILES string of the molecule is Cc1ccc(Br)cc1N1CCCNC(C2CCCCC2)C1. The van der Waals surface area contributed by atoms with E-state index in [1.54, 1.807) is 0 Å². The Hall–Kier alpha value is -0.540. The summed E-state index contributed by atoms with van der Waals surface area (Å²) in [6, 6.07) is 7.34. The van der Waals surface area contributed by atoms with Crippen molar-refractivity contribution in [3.05, 3.63) is 28.2 Å². The Bertz CT molecular complexity index is 468. The van der Waals surface area contributed by atoms with Crippen molar-refractivity contribution >= 4 is 21.6 Å². The summed E-state index contributed by atoms with van der Waals surface area (Å²) in [5, 5.41) is 3.83. The van der Waals surface area contributed by atoms with Crippen molar-refractivity contribution in [3.63, 3.8) is 0 Å². The van der Waals surface area contributed by atoms with Gasteiger partial charge in [-0.05, 0) is 56.3 Å². The maximum atomic E-state index is 3.83. The molecule has 1 saturated carbocycles. The van der Waals surface area contributed by atoms with Gasteiger partial charge in [0.25, 0.3) is 0 Å². The zero-order chi connectivity index (χ0) is 14.7. The Kier molecular flexibility index (Phi) is 5.23. The van der Waals surface area contributed by atoms with Crippen LogP contribution in [0.5, 0.6) is 0 Å². The molecule has 1 saturated heterocycles. The van der Waals surface area contributed by atoms with Crippen LogP contribution in [-0.2, 0) is 0 Å². The predicted molar refractivity (Wildman–Crippen MR) is 94.1 cm³/mol. The number of hydrogen-bond donors (Lipinski definition) is 1. The van der Waals surface area contributed by atoms with Crippen molar-refractivity contribution in [1.29, 1.82) is 0 Å². The zero-order valence-electron chi connectivity index (χ0n) is 13.1. The molecule has 2 nitrogen and oxygen atoms in total. The van der Waals surface area contributed by atoms with Gasteiger partial charge in [-0.25, -0.2) is 0 Å². The summed E-state index contributed by atoms with van der Waals surface area (Å²) < 4.78 is 1.19. The number of anilines is 1. The van der Waals surface area contributed by atoms with Crippen molar-refractivity contribution in [1.82, 2.24) is 5.32 Å². The fraction of sp³-hybridized carbons (Fsp3) is 0.667. The highest BCUT2D eigenvalue weighted by Gasteiger charge is 2.27. The standard InChI is InChI=1S/C18H27BrN2/c1-14-8-9-16(19)12-18(14)21-11-5-10-20-17(13-21)15-6-3-2-4-7-15/h8-9,12,15,17,20H,2-7,10-11,13H2,1H3. The second-order valence-corrected chi connectivity index (χ2v) is 7.60. The quantitative estimate of drug-likeness (QED) is 0.844. The molecular formula is C18H27BrN2. The maximum Gasteiger partial charge on any atom is 0.0407 e. The van der Waals surface area contributed by atoms with Crippen molar-refractivity contribution in [2.45, 2.75) is 51.5 Å². The van der Waals surface area contributed by atoms with Crippen molar-refractivity contribution < 1.29 is 0 Å². The van der Waals surface area contributed by atoms with Crippen LogP contribution < -0.4 is 10.2 Å². The van der Waals surface area contributed by atoms with Gasteiger partial charge in [0.05, 0.1) is 0 Å². The molecular weight excluding hydrogens is 324 g/mol. The van der Waals surface area contributed by atoms with Gasteiger partial charge >= 0.3 is 0 Å². The number of nitrogens with zero attached hydrogens (tertiary/aromatic N) is 1. The highest BCUT2D eigenvalue weighted by molar-refractivity contribution is 9.10. The number of halogens is 1. The molecule has 0 amide bonds. The number of nitrogens with one attached hydrogen (secondary N) is 1. The molecule has 1 atom stereocenters. The predicted octanol–water partition coefficient (Wildman–Crippen LogP) is 4.51. The first-order valence-electron chi connectivity index (χ1n) is 8.48. The second-order valence-electron chi connectivity index (χ2n) is 6.69. The van der Waals surface area contributed by atoms with Gasteiger partial charge < -0.3 is 10.2 Å². The molecule has 1 aliphatic carbocycles. The van der Waals surface area contributed by atoms with Gasteiger partial charge in [-0.1, -0.05) is 41.3 Å². The molecule has 1 aromatic rings. The third-order valence-electron chi connectivity index (χ3n) is 5.16. The van der Waals surface area contributed by atoms with Gasteiger partial charge in [-0.15, -0.1) is 0 Å². The molecule has 21 heavy (non-hydrogen) atoms. The molecule has 2 fully saturated rings. The van der Waals surface area contributed by atoms with Crippen LogP contribution in [0.1, 0.15) is 44.1 Å². The molecule has 1 heterocycles. The van der Waals surface area contributed by atoms with E-state index in [0.717, 1.165) is 5.92 Å². The molecule has 1 aliphatic heterocycles. The summed E-state index contributed by atoms with van der Waals surface area (Å²) in [6.07, 6.45) is 8.39. The van der Waals surface area contributed by atoms with Crippen LogP contribution in [0.2, 0.25) is 0 Å². The summed E-state index contributed by atoms with van der Waals surface area (Å²) in [5.41, 5.74) is 2.80. The fourth-order valence-electron chi connectivity index (χ4n) is 3.94. The Morgan fingerprint density at radius 2 is 1.95 bits per heavy atom. The van der Waals surface area contributed by atoms with Gasteiger partial charge in [0.1, 0.15) is 0 Å². The summed E-state index contributed by atoms with van der Waals surface area (Å²) in [4.78, 5) is 2.61. The smallest absolute Gasteiger partial charge is 0.0407 e. The minimum Gasteiger partial charge on any atom is -0.370 e. The van der Waals surface area contributed by atoms with Gasteiger partial charge in [-0.3, -0.25) is 0 Å². The van der Waals surface area contributed by atoms with Gasteiger partial charge in [0.15, 0.2) is 0 Å². The first-order chi connectivity index (χ1) is 10.2. The summed E-state index contributed by atoms with van der Waals surface area (Å²) in [7, 11) is 0. The monoisotopic (exact) mass is 350 g/mol. The van der Waals surface area contributed by atoms with E-state index in [4.69, 9.17) is 0 Å². The van der Waals surface area contributed by atoms with Crippen LogP contribution in [0.15, 0.2) is 22.7 Å². The molecule has 0 radical (unpaired) electrons. The average molecular weight is 351 g/mol. The molecule has 1 N–H and O–H groups in total. The Morgan fingerprint density at radius 1 is 1.14 bits per heavy atom. The number of aryl methyl sites for hydroxylation is 1. The van der Waals surface area contributed by atoms with Gasteiger partial charge in [0, 0.05) is 29.3 Å². The van der Waals surface area contributed by atoms with Gasteiger partial charge in [0.2, 0.25) is 0 Å². The second kappa shape index (κ2) is 7.15. The minimum atomic E-state index is 0.672. The fourth-order valence-corrected chi connectivity index (χ4v) is 4.29. The minimum absolute atomic E-state index is 0.672. The van der Waals surface area contributed by atoms with Gasteiger partial charge in [-0.2, -0.15) is 0 Å². The molecule has 2 aliphatic rings. The van der Waals surface area contributed by atoms with Crippen LogP contribution in [0, 0.1) is 12.8 Å². The van der Waals surface area contributed by atoms with Crippen LogP contribution >= 0.6 is 15.9 Å². The molecule has 1 unspecified atom stereocenters. The van der Waals surface area contributed by atoms with Crippen LogP contribution in [0.4, 0.5) is 5.69 Å². The van der Waals surface area contributed by atoms with E-state index in [1.807, 2.05) is 0 Å². The summed E-state index contributed by atoms with van der Waals surface area (Å²) in [6.45, 7) is 5.75. The Labute approximate surface area is 137 Å². The lowest BCUT2D eigenvalue weighted by molar-refractivity contribution is 0.277. The highest BCUT2D eigenvalue weighted by atomic mass is 79.9. The van der Waals surface area contributed by atoms with E-state index < -0.39 is 0 Å². The third-order valence-corrected chi connectivity index (χ3v) is 5.65. The van der Waals surface area contributed by atoms with Crippen LogP contribution in [-0.4, -0.2) is 25.7 Å². The maximum absolute atomic E-state index is 3.83. The van der Waals surface area contributed by atoms with Crippen molar-refractivity contribution in [3.8, 4) is 0 Å². The van der Waals surface area contributed by atoms with E-state index in [-0.39, 0.29) is 0 Å². The molecule has 0 aromatic heterocycles. The first kappa shape index (κ1) is 15.4. The van der Waals surface area contributed by atoms with Crippen LogP contribution in [0.3, 0.4) is 0 Å². The van der Waals surface area contributed by atoms with Crippen LogP contribution in [0.25, 0.3) is 0 Å². The molecule has 3 rings (SSSR count). The summed E-state index contributed by atoms with van der Waals surface area (Å²) in [5.74, 6) is 0.881. The van der Waals surface area contributed by atoms with Crippen molar-refractivity contribution in [2.75, 3.05) is 24.5 Å². The molecule has 3 heteroatoms. The van der Waals surface area contributed by atoms with E-state index in [0.29, 0.717) is 6.04 Å². The van der Waals surface area contributed by atoms with E-state index in [2.05, 4.69) is 51.3 Å². The largest absolute Gasteiger partial charge is 0.370 e. The van der Waals surface area contributed by atoms with E-state index in [1.165, 1.54) is 73.9 Å². The molecule has 0 bridgehead atoms. The number of hydrogen-bond acceptors (Lipinski definition) is 2. The van der Waals surface area contributed by atoms with E-state index >= 15 is 0 Å². The number of rotatable bonds is 2. The van der Waals surface area contributed by atoms with Crippen molar-refractivity contribution in [2.24, 2.45) is 5.92 Å². The summed E-state index contributed by atoms with van der Waals surface area (Å²) >= 11 is 3.63. The Balaban J connectivity index is 1.76. The third kappa shape index (κ3) is 3.81. The van der Waals surface area contributed by atoms with E-state index in [9.17, 15) is 0 Å². The normalized spacial score (nSPS) is 24.9. The first-order valence-corrected chi connectivity index (χ1v) is 9.28. The lowest BCUT2D eigenvalue weighted by Gasteiger charge is -2.34. The highest BCUT2D eigenvalue weighted by Crippen LogP contribution is 2.30. The molecule has 1 aromatic carbocycles. The lowest BCUT2D eigenvalue weighted by Crippen LogP contribution is -2.43.